The lowest BCUT2D eigenvalue weighted by Gasteiger charge is -2.04. The molecular formula is C12H14N2OS. The van der Waals surface area contributed by atoms with Gasteiger partial charge >= 0.3 is 0 Å². The lowest BCUT2D eigenvalue weighted by atomic mass is 10.2. The summed E-state index contributed by atoms with van der Waals surface area (Å²) in [5.74, 6) is 1.76. The van der Waals surface area contributed by atoms with Gasteiger partial charge in [-0.2, -0.15) is 0 Å². The maximum atomic E-state index is 6.21. The van der Waals surface area contributed by atoms with E-state index in [-0.39, 0.29) is 5.54 Å². The van der Waals surface area contributed by atoms with E-state index in [0.29, 0.717) is 0 Å². The predicted octanol–water partition coefficient (Wildman–Crippen LogP) is 2.97. The van der Waals surface area contributed by atoms with E-state index >= 15 is 0 Å². The lowest BCUT2D eigenvalue weighted by Crippen LogP contribution is -2.18. The minimum absolute atomic E-state index is 0.0956. The Morgan fingerprint density at radius 2 is 2.12 bits per heavy atom. The Balaban J connectivity index is 2.04. The molecule has 0 amide bonds. The third-order valence-corrected chi connectivity index (χ3v) is 4.38. The summed E-state index contributed by atoms with van der Waals surface area (Å²) >= 11 is 1.67. The van der Waals surface area contributed by atoms with Crippen molar-refractivity contribution in [3.05, 3.63) is 28.5 Å². The second kappa shape index (κ2) is 3.18. The molecule has 2 aromatic heterocycles. The van der Waals surface area contributed by atoms with Crippen molar-refractivity contribution in [3.63, 3.8) is 0 Å². The van der Waals surface area contributed by atoms with Crippen LogP contribution in [0.3, 0.4) is 0 Å². The van der Waals surface area contributed by atoms with Gasteiger partial charge in [-0.15, -0.1) is 11.3 Å². The van der Waals surface area contributed by atoms with Crippen LogP contribution in [0, 0.1) is 13.8 Å². The molecule has 4 heteroatoms. The first kappa shape index (κ1) is 10.1. The Morgan fingerprint density at radius 1 is 1.38 bits per heavy atom. The first-order valence-corrected chi connectivity index (χ1v) is 6.24. The summed E-state index contributed by atoms with van der Waals surface area (Å²) in [6.45, 7) is 3.97. The molecule has 2 aromatic rings. The first-order chi connectivity index (χ1) is 7.58. The molecule has 0 saturated heterocycles. The van der Waals surface area contributed by atoms with E-state index in [0.717, 1.165) is 35.1 Å². The van der Waals surface area contributed by atoms with Gasteiger partial charge in [-0.3, -0.25) is 0 Å². The molecule has 1 saturated carbocycles. The summed E-state index contributed by atoms with van der Waals surface area (Å²) in [5.41, 5.74) is 7.16. The van der Waals surface area contributed by atoms with Crippen LogP contribution in [-0.4, -0.2) is 4.98 Å². The Morgan fingerprint density at radius 3 is 2.69 bits per heavy atom. The molecule has 1 fully saturated rings. The number of aryl methyl sites for hydroxylation is 2. The molecule has 16 heavy (non-hydrogen) atoms. The van der Waals surface area contributed by atoms with Gasteiger partial charge in [0.1, 0.15) is 5.76 Å². The van der Waals surface area contributed by atoms with Gasteiger partial charge < -0.3 is 10.2 Å². The van der Waals surface area contributed by atoms with E-state index in [2.05, 4.69) is 4.98 Å². The zero-order valence-corrected chi connectivity index (χ0v) is 10.2. The van der Waals surface area contributed by atoms with Crippen LogP contribution >= 0.6 is 11.3 Å². The minimum atomic E-state index is -0.0956. The SMILES string of the molecule is Cc1ccc(-c2nc(C)c(C3(N)CC3)s2)o1. The van der Waals surface area contributed by atoms with Crippen molar-refractivity contribution in [1.29, 1.82) is 0 Å². The van der Waals surface area contributed by atoms with E-state index in [1.165, 1.54) is 4.88 Å². The monoisotopic (exact) mass is 234 g/mol. The van der Waals surface area contributed by atoms with E-state index < -0.39 is 0 Å². The van der Waals surface area contributed by atoms with E-state index in [4.69, 9.17) is 10.2 Å². The summed E-state index contributed by atoms with van der Waals surface area (Å²) in [6, 6.07) is 3.93. The highest BCUT2D eigenvalue weighted by Crippen LogP contribution is 2.47. The molecule has 1 aliphatic carbocycles. The number of nitrogens with two attached hydrogens (primary N) is 1. The summed E-state index contributed by atoms with van der Waals surface area (Å²) < 4.78 is 5.58. The molecule has 0 atom stereocenters. The first-order valence-electron chi connectivity index (χ1n) is 5.42. The molecular weight excluding hydrogens is 220 g/mol. The fraction of sp³-hybridized carbons (Fsp3) is 0.417. The van der Waals surface area contributed by atoms with Crippen molar-refractivity contribution < 1.29 is 4.42 Å². The Hall–Kier alpha value is -1.13. The second-order valence-electron chi connectivity index (χ2n) is 4.50. The van der Waals surface area contributed by atoms with Crippen LogP contribution in [0.5, 0.6) is 0 Å². The number of thiazole rings is 1. The summed E-state index contributed by atoms with van der Waals surface area (Å²) in [4.78, 5) is 5.76. The van der Waals surface area contributed by atoms with Gasteiger partial charge in [-0.25, -0.2) is 4.98 Å². The van der Waals surface area contributed by atoms with E-state index in [9.17, 15) is 0 Å². The molecule has 2 heterocycles. The van der Waals surface area contributed by atoms with Crippen molar-refractivity contribution in [1.82, 2.24) is 4.98 Å². The minimum Gasteiger partial charge on any atom is -0.459 e. The van der Waals surface area contributed by atoms with Crippen LogP contribution in [0.25, 0.3) is 10.8 Å². The predicted molar refractivity (Wildman–Crippen MR) is 64.4 cm³/mol. The van der Waals surface area contributed by atoms with Crippen molar-refractivity contribution >= 4 is 11.3 Å². The highest BCUT2D eigenvalue weighted by Gasteiger charge is 2.43. The molecule has 0 radical (unpaired) electrons. The van der Waals surface area contributed by atoms with Gasteiger partial charge in [-0.1, -0.05) is 0 Å². The summed E-state index contributed by atoms with van der Waals surface area (Å²) in [6.07, 6.45) is 2.15. The van der Waals surface area contributed by atoms with Gasteiger partial charge in [0, 0.05) is 4.88 Å². The van der Waals surface area contributed by atoms with E-state index in [1.807, 2.05) is 26.0 Å². The lowest BCUT2D eigenvalue weighted by molar-refractivity contribution is 0.548. The zero-order valence-electron chi connectivity index (χ0n) is 9.41. The number of nitrogens with zero attached hydrogens (tertiary/aromatic N) is 1. The average molecular weight is 234 g/mol. The highest BCUT2D eigenvalue weighted by molar-refractivity contribution is 7.15. The largest absolute Gasteiger partial charge is 0.459 e. The molecule has 0 aromatic carbocycles. The zero-order chi connectivity index (χ0) is 11.3. The number of hydrogen-bond acceptors (Lipinski definition) is 4. The number of hydrogen-bond donors (Lipinski definition) is 1. The Kier molecular flexibility index (Phi) is 2.00. The van der Waals surface area contributed by atoms with Crippen LogP contribution in [-0.2, 0) is 5.54 Å². The summed E-state index contributed by atoms with van der Waals surface area (Å²) in [7, 11) is 0. The van der Waals surface area contributed by atoms with E-state index in [1.54, 1.807) is 11.3 Å². The molecule has 3 nitrogen and oxygen atoms in total. The average Bonchev–Trinajstić information content (AvgIpc) is 2.68. The van der Waals surface area contributed by atoms with Gasteiger partial charge in [0.05, 0.1) is 11.2 Å². The van der Waals surface area contributed by atoms with Crippen LogP contribution in [0.4, 0.5) is 0 Å². The van der Waals surface area contributed by atoms with Gasteiger partial charge in [0.15, 0.2) is 10.8 Å². The van der Waals surface area contributed by atoms with Crippen LogP contribution in [0.15, 0.2) is 16.5 Å². The quantitative estimate of drug-likeness (QED) is 0.869. The number of aromatic nitrogens is 1. The third-order valence-electron chi connectivity index (χ3n) is 2.99. The van der Waals surface area contributed by atoms with Crippen molar-refractivity contribution in [2.75, 3.05) is 0 Å². The van der Waals surface area contributed by atoms with Gasteiger partial charge in [0.25, 0.3) is 0 Å². The van der Waals surface area contributed by atoms with Crippen molar-refractivity contribution in [3.8, 4) is 10.8 Å². The highest BCUT2D eigenvalue weighted by atomic mass is 32.1. The van der Waals surface area contributed by atoms with Crippen LogP contribution < -0.4 is 5.73 Å². The molecule has 0 unspecified atom stereocenters. The smallest absolute Gasteiger partial charge is 0.162 e. The van der Waals surface area contributed by atoms with Crippen LogP contribution in [0.2, 0.25) is 0 Å². The normalized spacial score (nSPS) is 17.7. The topological polar surface area (TPSA) is 52.0 Å². The Labute approximate surface area is 98.3 Å². The third kappa shape index (κ3) is 1.49. The molecule has 0 spiro atoms. The standard InChI is InChI=1S/C12H14N2OS/c1-7-3-4-9(15-7)11-14-8(2)10(16-11)12(13)5-6-12/h3-4H,5-6,13H2,1-2H3. The fourth-order valence-corrected chi connectivity index (χ4v) is 3.06. The van der Waals surface area contributed by atoms with Crippen LogP contribution in [0.1, 0.15) is 29.2 Å². The van der Waals surface area contributed by atoms with Crippen molar-refractivity contribution in [2.45, 2.75) is 32.2 Å². The van der Waals surface area contributed by atoms with Gasteiger partial charge in [-0.05, 0) is 38.8 Å². The van der Waals surface area contributed by atoms with Gasteiger partial charge in [0.2, 0.25) is 0 Å². The molecule has 2 N–H and O–H groups in total. The molecule has 84 valence electrons. The molecule has 3 rings (SSSR count). The second-order valence-corrected chi connectivity index (χ2v) is 5.50. The molecule has 0 aliphatic heterocycles. The summed E-state index contributed by atoms with van der Waals surface area (Å²) in [5, 5.41) is 0.942. The maximum Gasteiger partial charge on any atom is 0.162 e. The maximum absolute atomic E-state index is 6.21. The fourth-order valence-electron chi connectivity index (χ4n) is 1.87. The number of furan rings is 1. The molecule has 0 bridgehead atoms. The number of rotatable bonds is 2. The molecule has 1 aliphatic rings. The van der Waals surface area contributed by atoms with Crippen molar-refractivity contribution in [2.24, 2.45) is 5.73 Å². The Bertz CT molecular complexity index is 537.